The van der Waals surface area contributed by atoms with Crippen molar-refractivity contribution in [2.24, 2.45) is 5.92 Å². The van der Waals surface area contributed by atoms with Crippen molar-refractivity contribution in [3.63, 3.8) is 0 Å². The Hall–Kier alpha value is -2.12. The number of carbonyl (C=O) groups excluding carboxylic acids is 1. The van der Waals surface area contributed by atoms with Gasteiger partial charge in [0.25, 0.3) is 5.91 Å². The molecule has 7 heteroatoms. The third-order valence-electron chi connectivity index (χ3n) is 4.11. The summed E-state index contributed by atoms with van der Waals surface area (Å²) < 4.78 is 7.21. The smallest absolute Gasteiger partial charge is 0.423 e. The number of nitrogens with zero attached hydrogens (tertiary/aromatic N) is 2. The first-order chi connectivity index (χ1) is 11.0. The van der Waals surface area contributed by atoms with E-state index in [1.54, 1.807) is 18.3 Å². The van der Waals surface area contributed by atoms with E-state index in [2.05, 4.69) is 21.8 Å². The summed E-state index contributed by atoms with van der Waals surface area (Å²) in [4.78, 5) is 16.5. The zero-order valence-electron chi connectivity index (χ0n) is 13.3. The van der Waals surface area contributed by atoms with Crippen LogP contribution in [0, 0.1) is 12.8 Å². The van der Waals surface area contributed by atoms with Crippen LogP contribution in [0.3, 0.4) is 0 Å². The first-order valence-corrected chi connectivity index (χ1v) is 7.73. The Morgan fingerprint density at radius 3 is 3.13 bits per heavy atom. The molecule has 2 heterocycles. The molecule has 0 fully saturated rings. The highest BCUT2D eigenvalue weighted by Gasteiger charge is 2.27. The number of amides is 1. The quantitative estimate of drug-likeness (QED) is 0.787. The highest BCUT2D eigenvalue weighted by molar-refractivity contribution is 6.61. The third-order valence-corrected chi connectivity index (χ3v) is 4.11. The second kappa shape index (κ2) is 6.56. The number of aromatic nitrogens is 2. The Morgan fingerprint density at radius 2 is 2.39 bits per heavy atom. The van der Waals surface area contributed by atoms with Crippen LogP contribution < -0.4 is 10.8 Å². The van der Waals surface area contributed by atoms with Crippen molar-refractivity contribution < 1.29 is 14.5 Å². The summed E-state index contributed by atoms with van der Waals surface area (Å²) in [5.74, 6) is 1.12. The molecule has 1 aliphatic heterocycles. The topological polar surface area (TPSA) is 76.4 Å². The lowest BCUT2D eigenvalue weighted by Gasteiger charge is -2.14. The van der Waals surface area contributed by atoms with Crippen LogP contribution in [0.25, 0.3) is 0 Å². The van der Waals surface area contributed by atoms with Crippen molar-refractivity contribution in [2.45, 2.75) is 27.0 Å². The van der Waals surface area contributed by atoms with Gasteiger partial charge in [0.1, 0.15) is 5.82 Å². The molecule has 0 aliphatic carbocycles. The summed E-state index contributed by atoms with van der Waals surface area (Å²) in [7, 11) is -0.930. The Morgan fingerprint density at radius 1 is 1.57 bits per heavy atom. The summed E-state index contributed by atoms with van der Waals surface area (Å²) >= 11 is 0. The number of imidazole rings is 1. The molecular formula is C16H20BN3O3. The van der Waals surface area contributed by atoms with Crippen LogP contribution in [0.4, 0.5) is 0 Å². The van der Waals surface area contributed by atoms with Gasteiger partial charge in [-0.3, -0.25) is 4.79 Å². The van der Waals surface area contributed by atoms with Gasteiger partial charge >= 0.3 is 7.12 Å². The van der Waals surface area contributed by atoms with Crippen molar-refractivity contribution in [1.29, 1.82) is 0 Å². The highest BCUT2D eigenvalue weighted by atomic mass is 16.5. The van der Waals surface area contributed by atoms with Gasteiger partial charge in [0.05, 0.1) is 6.61 Å². The van der Waals surface area contributed by atoms with Crippen molar-refractivity contribution in [3.8, 4) is 0 Å². The molecule has 0 saturated heterocycles. The molecule has 1 aromatic carbocycles. The van der Waals surface area contributed by atoms with Gasteiger partial charge in [0.2, 0.25) is 0 Å². The predicted octanol–water partition coefficient (Wildman–Crippen LogP) is 0.475. The average Bonchev–Trinajstić information content (AvgIpc) is 3.11. The number of fused-ring (bicyclic) bond motifs is 1. The van der Waals surface area contributed by atoms with E-state index in [1.807, 2.05) is 19.2 Å². The fourth-order valence-corrected chi connectivity index (χ4v) is 2.72. The standard InChI is InChI=1S/C16H20BN3O3/c1-11(9-20-6-5-18-12(20)2)8-19-16(21)13-3-4-14-10-23-17(22)15(14)7-13/h3-7,11,22H,8-10H2,1-2H3,(H,19,21)/t11-/m0/s1. The molecule has 1 atom stereocenters. The van der Waals surface area contributed by atoms with Crippen LogP contribution in [0.1, 0.15) is 28.7 Å². The molecule has 0 unspecified atom stereocenters. The zero-order valence-corrected chi connectivity index (χ0v) is 13.3. The zero-order chi connectivity index (χ0) is 16.4. The molecule has 120 valence electrons. The maximum atomic E-state index is 12.3. The van der Waals surface area contributed by atoms with E-state index in [4.69, 9.17) is 4.65 Å². The molecule has 0 saturated carbocycles. The van der Waals surface area contributed by atoms with Gasteiger partial charge in [-0.05, 0) is 36.0 Å². The molecule has 2 aromatic rings. The number of carbonyl (C=O) groups is 1. The van der Waals surface area contributed by atoms with Crippen LogP contribution in [0.5, 0.6) is 0 Å². The molecule has 0 bridgehead atoms. The number of hydrogen-bond donors (Lipinski definition) is 2. The molecule has 0 spiro atoms. The van der Waals surface area contributed by atoms with Gasteiger partial charge in [-0.25, -0.2) is 4.98 Å². The lowest BCUT2D eigenvalue weighted by Crippen LogP contribution is -2.32. The SMILES string of the molecule is Cc1nccn1C[C@@H](C)CNC(=O)c1ccc2c(c1)B(O)OC2. The number of benzene rings is 1. The second-order valence-electron chi connectivity index (χ2n) is 6.02. The summed E-state index contributed by atoms with van der Waals surface area (Å²) in [6.07, 6.45) is 3.72. The minimum Gasteiger partial charge on any atom is -0.423 e. The van der Waals surface area contributed by atoms with E-state index >= 15 is 0 Å². The van der Waals surface area contributed by atoms with E-state index in [1.165, 1.54) is 0 Å². The minimum atomic E-state index is -0.930. The van der Waals surface area contributed by atoms with Gasteiger partial charge in [-0.15, -0.1) is 0 Å². The van der Waals surface area contributed by atoms with Crippen LogP contribution in [-0.2, 0) is 17.8 Å². The molecule has 3 rings (SSSR count). The molecule has 0 radical (unpaired) electrons. The lowest BCUT2D eigenvalue weighted by atomic mass is 9.79. The van der Waals surface area contributed by atoms with E-state index in [-0.39, 0.29) is 11.8 Å². The molecule has 1 aromatic heterocycles. The van der Waals surface area contributed by atoms with E-state index in [0.29, 0.717) is 24.2 Å². The van der Waals surface area contributed by atoms with Gasteiger partial charge < -0.3 is 19.6 Å². The first-order valence-electron chi connectivity index (χ1n) is 7.73. The second-order valence-corrected chi connectivity index (χ2v) is 6.02. The summed E-state index contributed by atoms with van der Waals surface area (Å²) in [6.45, 7) is 5.82. The monoisotopic (exact) mass is 313 g/mol. The molecule has 1 amide bonds. The van der Waals surface area contributed by atoms with E-state index in [9.17, 15) is 9.82 Å². The number of aryl methyl sites for hydroxylation is 1. The first kappa shape index (κ1) is 15.8. The summed E-state index contributed by atoms with van der Waals surface area (Å²) in [6, 6.07) is 5.30. The van der Waals surface area contributed by atoms with Crippen LogP contribution in [0.15, 0.2) is 30.6 Å². The highest BCUT2D eigenvalue weighted by Crippen LogP contribution is 2.11. The summed E-state index contributed by atoms with van der Waals surface area (Å²) in [5, 5.41) is 12.7. The third kappa shape index (κ3) is 3.46. The number of hydrogen-bond acceptors (Lipinski definition) is 4. The van der Waals surface area contributed by atoms with Gasteiger partial charge in [-0.2, -0.15) is 0 Å². The van der Waals surface area contributed by atoms with E-state index in [0.717, 1.165) is 17.9 Å². The molecule has 2 N–H and O–H groups in total. The maximum absolute atomic E-state index is 12.3. The van der Waals surface area contributed by atoms with Crippen LogP contribution >= 0.6 is 0 Å². The fraction of sp³-hybridized carbons (Fsp3) is 0.375. The molecular weight excluding hydrogens is 293 g/mol. The van der Waals surface area contributed by atoms with Crippen LogP contribution in [0.2, 0.25) is 0 Å². The van der Waals surface area contributed by atoms with Crippen LogP contribution in [-0.4, -0.2) is 34.1 Å². The lowest BCUT2D eigenvalue weighted by molar-refractivity contribution is 0.0947. The number of nitrogens with one attached hydrogen (secondary N) is 1. The molecule has 6 nitrogen and oxygen atoms in total. The largest absolute Gasteiger partial charge is 0.491 e. The predicted molar refractivity (Wildman–Crippen MR) is 87.3 cm³/mol. The molecule has 1 aliphatic rings. The van der Waals surface area contributed by atoms with Crippen molar-refractivity contribution in [2.75, 3.05) is 6.54 Å². The van der Waals surface area contributed by atoms with Crippen molar-refractivity contribution in [3.05, 3.63) is 47.5 Å². The Labute approximate surface area is 135 Å². The normalized spacial score (nSPS) is 14.7. The van der Waals surface area contributed by atoms with Gasteiger partial charge in [0.15, 0.2) is 0 Å². The van der Waals surface area contributed by atoms with Crippen molar-refractivity contribution in [1.82, 2.24) is 14.9 Å². The molecule has 23 heavy (non-hydrogen) atoms. The Balaban J connectivity index is 1.57. The Kier molecular flexibility index (Phi) is 4.50. The van der Waals surface area contributed by atoms with Gasteiger partial charge in [0, 0.05) is 31.0 Å². The number of rotatable bonds is 5. The fourth-order valence-electron chi connectivity index (χ4n) is 2.72. The van der Waals surface area contributed by atoms with E-state index < -0.39 is 7.12 Å². The maximum Gasteiger partial charge on any atom is 0.491 e. The Bertz CT molecular complexity index is 716. The minimum absolute atomic E-state index is 0.138. The van der Waals surface area contributed by atoms with Crippen molar-refractivity contribution >= 4 is 18.5 Å². The average molecular weight is 313 g/mol. The summed E-state index contributed by atoms with van der Waals surface area (Å²) in [5.41, 5.74) is 2.15. The van der Waals surface area contributed by atoms with Gasteiger partial charge in [-0.1, -0.05) is 13.0 Å².